The van der Waals surface area contributed by atoms with Gasteiger partial charge < -0.3 is 5.32 Å². The molecule has 3 rings (SSSR count). The van der Waals surface area contributed by atoms with Crippen molar-refractivity contribution in [3.63, 3.8) is 0 Å². The molecule has 2 aliphatic rings. The standard InChI is InChI=1S/C13H16N2O/c1-2-8-13-9-7-12(16)15(13)11-6-4-3-5-10(11)14-13/h3-6,14H,2,7-9H2,1H3. The lowest BCUT2D eigenvalue weighted by Crippen LogP contribution is -2.47. The van der Waals surface area contributed by atoms with Gasteiger partial charge in [0.25, 0.3) is 0 Å². The number of carbonyl (C=O) groups excluding carboxylic acids is 1. The normalized spacial score (nSPS) is 26.6. The van der Waals surface area contributed by atoms with Gasteiger partial charge in [0.2, 0.25) is 5.91 Å². The number of hydrogen-bond acceptors (Lipinski definition) is 2. The van der Waals surface area contributed by atoms with Gasteiger partial charge in [-0.25, -0.2) is 0 Å². The number of carbonyl (C=O) groups is 1. The summed E-state index contributed by atoms with van der Waals surface area (Å²) in [6.07, 6.45) is 3.70. The number of nitrogens with zero attached hydrogens (tertiary/aromatic N) is 1. The lowest BCUT2D eigenvalue weighted by Gasteiger charge is -2.32. The summed E-state index contributed by atoms with van der Waals surface area (Å²) in [5.41, 5.74) is 2.03. The summed E-state index contributed by atoms with van der Waals surface area (Å²) in [4.78, 5) is 14.0. The van der Waals surface area contributed by atoms with E-state index in [-0.39, 0.29) is 11.6 Å². The van der Waals surface area contributed by atoms with Gasteiger partial charge in [0.05, 0.1) is 11.4 Å². The smallest absolute Gasteiger partial charge is 0.229 e. The fourth-order valence-electron chi connectivity index (χ4n) is 3.00. The molecular weight excluding hydrogens is 200 g/mol. The van der Waals surface area contributed by atoms with Gasteiger partial charge in [-0.2, -0.15) is 0 Å². The van der Waals surface area contributed by atoms with Gasteiger partial charge in [0.15, 0.2) is 0 Å². The lowest BCUT2D eigenvalue weighted by atomic mass is 10.0. The molecular formula is C13H16N2O. The molecule has 1 amide bonds. The van der Waals surface area contributed by atoms with E-state index in [1.807, 2.05) is 23.1 Å². The molecule has 2 aliphatic heterocycles. The molecule has 1 aromatic rings. The third kappa shape index (κ3) is 1.11. The Bertz CT molecular complexity index is 443. The Kier molecular flexibility index (Phi) is 1.96. The highest BCUT2D eigenvalue weighted by Gasteiger charge is 2.50. The van der Waals surface area contributed by atoms with E-state index in [2.05, 4.69) is 18.3 Å². The topological polar surface area (TPSA) is 32.3 Å². The Morgan fingerprint density at radius 3 is 3.06 bits per heavy atom. The maximum atomic E-state index is 12.0. The van der Waals surface area contributed by atoms with Gasteiger partial charge in [-0.15, -0.1) is 0 Å². The van der Waals surface area contributed by atoms with Crippen molar-refractivity contribution in [3.05, 3.63) is 24.3 Å². The molecule has 16 heavy (non-hydrogen) atoms. The Morgan fingerprint density at radius 1 is 1.44 bits per heavy atom. The fraction of sp³-hybridized carbons (Fsp3) is 0.462. The summed E-state index contributed by atoms with van der Waals surface area (Å²) in [6.45, 7) is 2.17. The molecule has 0 radical (unpaired) electrons. The van der Waals surface area contributed by atoms with Crippen molar-refractivity contribution < 1.29 is 4.79 Å². The molecule has 1 unspecified atom stereocenters. The van der Waals surface area contributed by atoms with Gasteiger partial charge in [0.1, 0.15) is 5.66 Å². The fourth-order valence-corrected chi connectivity index (χ4v) is 3.00. The van der Waals surface area contributed by atoms with E-state index in [9.17, 15) is 4.79 Å². The minimum Gasteiger partial charge on any atom is -0.361 e. The van der Waals surface area contributed by atoms with Crippen molar-refractivity contribution in [1.82, 2.24) is 0 Å². The zero-order valence-corrected chi connectivity index (χ0v) is 9.49. The summed E-state index contributed by atoms with van der Waals surface area (Å²) >= 11 is 0. The van der Waals surface area contributed by atoms with E-state index in [0.29, 0.717) is 6.42 Å². The molecule has 1 atom stereocenters. The van der Waals surface area contributed by atoms with E-state index in [4.69, 9.17) is 0 Å². The van der Waals surface area contributed by atoms with Crippen molar-refractivity contribution in [2.45, 2.75) is 38.3 Å². The van der Waals surface area contributed by atoms with E-state index in [1.165, 1.54) is 0 Å². The van der Waals surface area contributed by atoms with Crippen molar-refractivity contribution in [2.75, 3.05) is 10.2 Å². The van der Waals surface area contributed by atoms with Crippen LogP contribution in [0.3, 0.4) is 0 Å². The van der Waals surface area contributed by atoms with Crippen molar-refractivity contribution in [2.24, 2.45) is 0 Å². The predicted octanol–water partition coefficient (Wildman–Crippen LogP) is 2.74. The van der Waals surface area contributed by atoms with E-state index >= 15 is 0 Å². The first-order valence-electron chi connectivity index (χ1n) is 5.97. The number of fused-ring (bicyclic) bond motifs is 3. The third-order valence-corrected chi connectivity index (χ3v) is 3.61. The zero-order valence-electron chi connectivity index (χ0n) is 9.49. The first kappa shape index (κ1) is 9.70. The van der Waals surface area contributed by atoms with Crippen LogP contribution in [0.25, 0.3) is 0 Å². The maximum Gasteiger partial charge on any atom is 0.229 e. The molecule has 1 aromatic carbocycles. The molecule has 1 N–H and O–H groups in total. The highest BCUT2D eigenvalue weighted by Crippen LogP contribution is 2.47. The Labute approximate surface area is 95.4 Å². The highest BCUT2D eigenvalue weighted by atomic mass is 16.2. The van der Waals surface area contributed by atoms with Crippen LogP contribution in [0.5, 0.6) is 0 Å². The average molecular weight is 216 g/mol. The second-order valence-electron chi connectivity index (χ2n) is 4.65. The van der Waals surface area contributed by atoms with Crippen LogP contribution >= 0.6 is 0 Å². The van der Waals surface area contributed by atoms with Gasteiger partial charge >= 0.3 is 0 Å². The van der Waals surface area contributed by atoms with Gasteiger partial charge in [-0.3, -0.25) is 9.69 Å². The van der Waals surface area contributed by atoms with Gasteiger partial charge in [-0.1, -0.05) is 25.5 Å². The van der Waals surface area contributed by atoms with Crippen molar-refractivity contribution in [3.8, 4) is 0 Å². The molecule has 1 saturated heterocycles. The Balaban J connectivity index is 2.08. The van der Waals surface area contributed by atoms with Gasteiger partial charge in [0, 0.05) is 6.42 Å². The minimum absolute atomic E-state index is 0.129. The van der Waals surface area contributed by atoms with Crippen LogP contribution in [-0.4, -0.2) is 11.6 Å². The van der Waals surface area contributed by atoms with Crippen LogP contribution in [-0.2, 0) is 4.79 Å². The number of para-hydroxylation sites is 2. The Morgan fingerprint density at radius 2 is 2.25 bits per heavy atom. The molecule has 0 bridgehead atoms. The first-order valence-corrected chi connectivity index (χ1v) is 5.97. The largest absolute Gasteiger partial charge is 0.361 e. The van der Waals surface area contributed by atoms with E-state index in [1.54, 1.807) is 0 Å². The number of benzene rings is 1. The second kappa shape index (κ2) is 3.24. The average Bonchev–Trinajstić information content (AvgIpc) is 2.75. The van der Waals surface area contributed by atoms with E-state index < -0.39 is 0 Å². The summed E-state index contributed by atoms with van der Waals surface area (Å²) in [5, 5.41) is 3.55. The molecule has 0 spiro atoms. The number of nitrogens with one attached hydrogen (secondary N) is 1. The highest BCUT2D eigenvalue weighted by molar-refractivity contribution is 6.03. The zero-order chi connectivity index (χ0) is 11.2. The van der Waals surface area contributed by atoms with E-state index in [0.717, 1.165) is 30.6 Å². The lowest BCUT2D eigenvalue weighted by molar-refractivity contribution is -0.117. The first-order chi connectivity index (χ1) is 7.77. The maximum absolute atomic E-state index is 12.0. The molecule has 0 aromatic heterocycles. The van der Waals surface area contributed by atoms with Crippen LogP contribution in [0.15, 0.2) is 24.3 Å². The summed E-state index contributed by atoms with van der Waals surface area (Å²) in [6, 6.07) is 8.09. The molecule has 0 saturated carbocycles. The van der Waals surface area contributed by atoms with Crippen LogP contribution in [0.1, 0.15) is 32.6 Å². The molecule has 0 aliphatic carbocycles. The van der Waals surface area contributed by atoms with Crippen molar-refractivity contribution in [1.29, 1.82) is 0 Å². The van der Waals surface area contributed by atoms with Crippen molar-refractivity contribution >= 4 is 17.3 Å². The van der Waals surface area contributed by atoms with Crippen LogP contribution in [0, 0.1) is 0 Å². The molecule has 3 heteroatoms. The summed E-state index contributed by atoms with van der Waals surface area (Å²) in [5.74, 6) is 0.255. The third-order valence-electron chi connectivity index (χ3n) is 3.61. The summed E-state index contributed by atoms with van der Waals surface area (Å²) < 4.78 is 0. The minimum atomic E-state index is -0.129. The van der Waals surface area contributed by atoms with Crippen LogP contribution < -0.4 is 10.2 Å². The number of rotatable bonds is 2. The molecule has 3 nitrogen and oxygen atoms in total. The SMILES string of the molecule is CCCC12CCC(=O)N1c1ccccc1N2. The number of anilines is 2. The number of amides is 1. The molecule has 84 valence electrons. The predicted molar refractivity (Wildman–Crippen MR) is 64.4 cm³/mol. The second-order valence-corrected chi connectivity index (χ2v) is 4.65. The number of hydrogen-bond donors (Lipinski definition) is 1. The Hall–Kier alpha value is -1.51. The molecule has 2 heterocycles. The summed E-state index contributed by atoms with van der Waals surface area (Å²) in [7, 11) is 0. The van der Waals surface area contributed by atoms with Crippen LogP contribution in [0.4, 0.5) is 11.4 Å². The van der Waals surface area contributed by atoms with Gasteiger partial charge in [-0.05, 0) is 25.0 Å². The quantitative estimate of drug-likeness (QED) is 0.824. The molecule has 1 fully saturated rings. The van der Waals surface area contributed by atoms with Crippen LogP contribution in [0.2, 0.25) is 0 Å². The monoisotopic (exact) mass is 216 g/mol.